The van der Waals surface area contributed by atoms with E-state index in [0.717, 1.165) is 0 Å². The van der Waals surface area contributed by atoms with Gasteiger partial charge in [-0.15, -0.1) is 0 Å². The van der Waals surface area contributed by atoms with Crippen molar-refractivity contribution in [3.8, 4) is 11.5 Å². The fourth-order valence-corrected chi connectivity index (χ4v) is 2.40. The number of carbonyl (C=O) groups excluding carboxylic acids is 1. The molecule has 0 saturated carbocycles. The molecule has 10 heteroatoms. The van der Waals surface area contributed by atoms with Crippen LogP contribution in [0.2, 0.25) is 0 Å². The Bertz CT molecular complexity index is 795. The maximum atomic E-state index is 12.5. The Balaban J connectivity index is 2.59. The molecule has 10 nitrogen and oxygen atoms in total. The molecule has 198 valence electrons. The summed E-state index contributed by atoms with van der Waals surface area (Å²) in [7, 11) is 0. The van der Waals surface area contributed by atoms with E-state index in [4.69, 9.17) is 33.5 Å². The van der Waals surface area contributed by atoms with E-state index in [1.165, 1.54) is 0 Å². The summed E-state index contributed by atoms with van der Waals surface area (Å²) in [5.74, 6) is 0.384. The van der Waals surface area contributed by atoms with Crippen LogP contribution >= 0.6 is 0 Å². The smallest absolute Gasteiger partial charge is 0.303 e. The van der Waals surface area contributed by atoms with Crippen molar-refractivity contribution in [2.75, 3.05) is 45.5 Å². The average Bonchev–Trinajstić information content (AvgIpc) is 2.80. The molecule has 0 aliphatic heterocycles. The van der Waals surface area contributed by atoms with Crippen LogP contribution in [-0.2, 0) is 28.5 Å². The number of ether oxygens (including phenoxy) is 6. The molecular weight excluding hydrogens is 458 g/mol. The van der Waals surface area contributed by atoms with E-state index in [1.54, 1.807) is 25.1 Å². The molecule has 0 fully saturated rings. The minimum absolute atomic E-state index is 0.00728. The zero-order chi connectivity index (χ0) is 26.1. The number of carboxylic acid groups (broad SMARTS) is 1. The molecule has 1 amide bonds. The van der Waals surface area contributed by atoms with Crippen molar-refractivity contribution in [1.29, 1.82) is 0 Å². The van der Waals surface area contributed by atoms with Gasteiger partial charge >= 0.3 is 5.97 Å². The van der Waals surface area contributed by atoms with Crippen molar-refractivity contribution in [2.24, 2.45) is 5.41 Å². The number of hydrogen-bond donors (Lipinski definition) is 2. The SMILES string of the molecule is C=C(C)OCOCCCOCOc1ccc(NC(=O)C(C)(C)CC)cc1OCOCCCC(=O)O. The predicted octanol–water partition coefficient (Wildman–Crippen LogP) is 4.55. The Kier molecular flexibility index (Phi) is 14.5. The van der Waals surface area contributed by atoms with Crippen LogP contribution in [-0.4, -0.2) is 57.2 Å². The minimum atomic E-state index is -0.879. The minimum Gasteiger partial charge on any atom is -0.481 e. The third kappa shape index (κ3) is 13.6. The molecule has 0 heterocycles. The van der Waals surface area contributed by atoms with Crippen LogP contribution in [0.25, 0.3) is 0 Å². The van der Waals surface area contributed by atoms with Gasteiger partial charge in [0.15, 0.2) is 31.9 Å². The normalized spacial score (nSPS) is 11.1. The third-order valence-electron chi connectivity index (χ3n) is 4.94. The summed E-state index contributed by atoms with van der Waals surface area (Å²) in [4.78, 5) is 23.1. The number of carbonyl (C=O) groups is 2. The maximum absolute atomic E-state index is 12.5. The predicted molar refractivity (Wildman–Crippen MR) is 130 cm³/mol. The third-order valence-corrected chi connectivity index (χ3v) is 4.94. The fraction of sp³-hybridized carbons (Fsp3) is 0.600. The molecule has 2 N–H and O–H groups in total. The lowest BCUT2D eigenvalue weighted by atomic mass is 9.89. The highest BCUT2D eigenvalue weighted by atomic mass is 16.7. The number of allylic oxidation sites excluding steroid dienone is 1. The summed E-state index contributed by atoms with van der Waals surface area (Å²) in [6, 6.07) is 5.04. The number of amides is 1. The fourth-order valence-electron chi connectivity index (χ4n) is 2.40. The number of anilines is 1. The van der Waals surface area contributed by atoms with Crippen LogP contribution in [0.3, 0.4) is 0 Å². The molecule has 0 aliphatic rings. The van der Waals surface area contributed by atoms with Crippen LogP contribution in [0.15, 0.2) is 30.5 Å². The van der Waals surface area contributed by atoms with Gasteiger partial charge in [-0.05, 0) is 38.3 Å². The molecule has 0 unspecified atom stereocenters. The Morgan fingerprint density at radius 1 is 0.971 bits per heavy atom. The lowest BCUT2D eigenvalue weighted by molar-refractivity contribution is -0.137. The van der Waals surface area contributed by atoms with Crippen LogP contribution in [0.5, 0.6) is 11.5 Å². The van der Waals surface area contributed by atoms with Crippen LogP contribution in [0.4, 0.5) is 5.69 Å². The standard InChI is InChI=1S/C25H39NO9/c1-6-25(4,5)24(29)26-20-10-11-21(22(15-20)35-18-30-12-7-9-23(27)28)34-17-32-14-8-13-31-16-33-19(2)3/h10-11,15H,2,6-9,12-14,16-18H2,1,3-5H3,(H,26,29)(H,27,28). The van der Waals surface area contributed by atoms with Gasteiger partial charge in [0, 0.05) is 23.6 Å². The molecule has 0 radical (unpaired) electrons. The second-order valence-electron chi connectivity index (χ2n) is 8.42. The highest BCUT2D eigenvalue weighted by Gasteiger charge is 2.25. The number of benzene rings is 1. The van der Waals surface area contributed by atoms with E-state index in [2.05, 4.69) is 11.9 Å². The van der Waals surface area contributed by atoms with E-state index in [-0.39, 0.29) is 39.3 Å². The first-order valence-electron chi connectivity index (χ1n) is 11.6. The quantitative estimate of drug-likeness (QED) is 0.152. The van der Waals surface area contributed by atoms with Gasteiger partial charge in [0.25, 0.3) is 0 Å². The van der Waals surface area contributed by atoms with E-state index < -0.39 is 11.4 Å². The number of rotatable bonds is 20. The molecule has 1 aromatic rings. The highest BCUT2D eigenvalue weighted by molar-refractivity contribution is 5.95. The van der Waals surface area contributed by atoms with Crippen molar-refractivity contribution in [1.82, 2.24) is 0 Å². The Hall–Kier alpha value is -2.82. The van der Waals surface area contributed by atoms with Crippen LogP contribution in [0, 0.1) is 5.41 Å². The molecule has 1 rings (SSSR count). The Morgan fingerprint density at radius 3 is 2.17 bits per heavy atom. The zero-order valence-corrected chi connectivity index (χ0v) is 21.2. The Labute approximate surface area is 207 Å². The first-order chi connectivity index (χ1) is 16.7. The van der Waals surface area contributed by atoms with Gasteiger partial charge in [-0.1, -0.05) is 27.4 Å². The summed E-state index contributed by atoms with van der Waals surface area (Å²) in [5.41, 5.74) is 0.0391. The average molecular weight is 498 g/mol. The van der Waals surface area contributed by atoms with Crippen molar-refractivity contribution < 1.29 is 43.1 Å². The Morgan fingerprint density at radius 2 is 1.57 bits per heavy atom. The van der Waals surface area contributed by atoms with E-state index in [9.17, 15) is 9.59 Å². The maximum Gasteiger partial charge on any atom is 0.303 e. The summed E-state index contributed by atoms with van der Waals surface area (Å²) >= 11 is 0. The summed E-state index contributed by atoms with van der Waals surface area (Å²) in [5, 5.41) is 11.6. The number of aliphatic carboxylic acids is 1. The summed E-state index contributed by atoms with van der Waals surface area (Å²) in [6.45, 7) is 12.3. The van der Waals surface area contributed by atoms with Gasteiger partial charge in [0.2, 0.25) is 5.91 Å². The molecule has 0 saturated heterocycles. The first kappa shape index (κ1) is 30.2. The first-order valence-corrected chi connectivity index (χ1v) is 11.6. The molecule has 35 heavy (non-hydrogen) atoms. The van der Waals surface area contributed by atoms with E-state index >= 15 is 0 Å². The van der Waals surface area contributed by atoms with Gasteiger partial charge in [0.1, 0.15) is 0 Å². The van der Waals surface area contributed by atoms with Crippen molar-refractivity contribution >= 4 is 17.6 Å². The molecule has 0 spiro atoms. The molecule has 0 bridgehead atoms. The van der Waals surface area contributed by atoms with Gasteiger partial charge in [-0.25, -0.2) is 0 Å². The lowest BCUT2D eigenvalue weighted by Gasteiger charge is -2.22. The zero-order valence-electron chi connectivity index (χ0n) is 21.2. The molecule has 0 atom stereocenters. The molecule has 0 aromatic heterocycles. The summed E-state index contributed by atoms with van der Waals surface area (Å²) in [6.07, 6.45) is 1.75. The van der Waals surface area contributed by atoms with Crippen LogP contribution < -0.4 is 14.8 Å². The van der Waals surface area contributed by atoms with Crippen LogP contribution in [0.1, 0.15) is 53.4 Å². The summed E-state index contributed by atoms with van der Waals surface area (Å²) < 4.78 is 32.6. The van der Waals surface area contributed by atoms with Crippen molar-refractivity contribution in [3.63, 3.8) is 0 Å². The van der Waals surface area contributed by atoms with Gasteiger partial charge < -0.3 is 38.8 Å². The van der Waals surface area contributed by atoms with E-state index in [0.29, 0.717) is 55.4 Å². The number of carboxylic acids is 1. The second-order valence-corrected chi connectivity index (χ2v) is 8.42. The molecule has 0 aliphatic carbocycles. The highest BCUT2D eigenvalue weighted by Crippen LogP contribution is 2.32. The monoisotopic (exact) mass is 497 g/mol. The lowest BCUT2D eigenvalue weighted by Crippen LogP contribution is -2.30. The van der Waals surface area contributed by atoms with Gasteiger partial charge in [-0.2, -0.15) is 0 Å². The van der Waals surface area contributed by atoms with E-state index in [1.807, 2.05) is 20.8 Å². The molecule has 1 aromatic carbocycles. The second kappa shape index (κ2) is 16.7. The van der Waals surface area contributed by atoms with Crippen molar-refractivity contribution in [2.45, 2.75) is 53.4 Å². The largest absolute Gasteiger partial charge is 0.481 e. The van der Waals surface area contributed by atoms with Gasteiger partial charge in [-0.3, -0.25) is 9.59 Å². The van der Waals surface area contributed by atoms with Gasteiger partial charge in [0.05, 0.1) is 25.6 Å². The topological polar surface area (TPSA) is 122 Å². The molecular formula is C25H39NO9. The van der Waals surface area contributed by atoms with Crippen molar-refractivity contribution in [3.05, 3.63) is 30.5 Å². The number of nitrogens with one attached hydrogen (secondary N) is 1. The number of hydrogen-bond acceptors (Lipinski definition) is 8.